The summed E-state index contributed by atoms with van der Waals surface area (Å²) in [5.74, 6) is -0.0180. The van der Waals surface area contributed by atoms with E-state index in [9.17, 15) is 9.90 Å². The van der Waals surface area contributed by atoms with Gasteiger partial charge in [0.2, 0.25) is 0 Å². The largest absolute Gasteiger partial charge is 0.393 e. The maximum absolute atomic E-state index is 12.8. The molecule has 3 heterocycles. The first-order valence-electron chi connectivity index (χ1n) is 8.16. The summed E-state index contributed by atoms with van der Waals surface area (Å²) < 4.78 is 0. The Kier molecular flexibility index (Phi) is 4.08. The normalized spacial score (nSPS) is 24.1. The number of carbonyl (C=O) groups is 1. The van der Waals surface area contributed by atoms with Crippen molar-refractivity contribution in [2.75, 3.05) is 25.0 Å². The number of amides is 1. The molecular weight excluding hydrogens is 278 g/mol. The number of fused-ring (bicyclic) bond motifs is 1. The zero-order valence-electron chi connectivity index (χ0n) is 13.4. The van der Waals surface area contributed by atoms with Gasteiger partial charge in [0.05, 0.1) is 17.5 Å². The first-order valence-corrected chi connectivity index (χ1v) is 8.16. The lowest BCUT2D eigenvalue weighted by Gasteiger charge is -2.29. The van der Waals surface area contributed by atoms with Crippen LogP contribution in [0.15, 0.2) is 12.1 Å². The number of aliphatic hydroxyl groups excluding tert-OH is 1. The summed E-state index contributed by atoms with van der Waals surface area (Å²) in [6.07, 6.45) is 3.03. The molecule has 2 aliphatic heterocycles. The van der Waals surface area contributed by atoms with Crippen LogP contribution >= 0.6 is 0 Å². The number of rotatable bonds is 1. The van der Waals surface area contributed by atoms with E-state index in [1.807, 2.05) is 17.0 Å². The van der Waals surface area contributed by atoms with Crippen molar-refractivity contribution in [3.05, 3.63) is 23.5 Å². The first kappa shape index (κ1) is 15.3. The van der Waals surface area contributed by atoms with E-state index in [1.54, 1.807) is 0 Å². The number of hydrogen-bond acceptors (Lipinski definition) is 4. The molecule has 1 atom stereocenters. The van der Waals surface area contributed by atoms with Crippen molar-refractivity contribution in [2.24, 2.45) is 5.41 Å². The summed E-state index contributed by atoms with van der Waals surface area (Å²) in [5, 5.41) is 13.3. The minimum absolute atomic E-state index is 0.0180. The van der Waals surface area contributed by atoms with Crippen LogP contribution < -0.4 is 5.32 Å². The van der Waals surface area contributed by atoms with Crippen LogP contribution in [0.5, 0.6) is 0 Å². The van der Waals surface area contributed by atoms with Crippen LogP contribution in [0, 0.1) is 5.41 Å². The standard InChI is InChI=1S/C17H25N3O2/c1-17(2)10-12(21)7-9-20(11-17)16(22)15-6-5-13-14(19-15)4-3-8-18-13/h5-6,12,18,21H,3-4,7-11H2,1-2H3. The summed E-state index contributed by atoms with van der Waals surface area (Å²) in [7, 11) is 0. The number of aromatic nitrogens is 1. The monoisotopic (exact) mass is 303 g/mol. The van der Waals surface area contributed by atoms with E-state index in [-0.39, 0.29) is 17.4 Å². The van der Waals surface area contributed by atoms with Gasteiger partial charge < -0.3 is 15.3 Å². The number of aliphatic hydroxyl groups is 1. The van der Waals surface area contributed by atoms with Gasteiger partial charge in [0.15, 0.2) is 0 Å². The zero-order valence-corrected chi connectivity index (χ0v) is 13.4. The van der Waals surface area contributed by atoms with Crippen molar-refractivity contribution < 1.29 is 9.90 Å². The van der Waals surface area contributed by atoms with Crippen molar-refractivity contribution >= 4 is 11.6 Å². The average Bonchev–Trinajstić information content (AvgIpc) is 2.63. The van der Waals surface area contributed by atoms with Gasteiger partial charge >= 0.3 is 0 Å². The van der Waals surface area contributed by atoms with Crippen LogP contribution in [0.4, 0.5) is 5.69 Å². The molecule has 0 saturated carbocycles. The third-order valence-electron chi connectivity index (χ3n) is 4.53. The number of aryl methyl sites for hydroxylation is 1. The van der Waals surface area contributed by atoms with Crippen molar-refractivity contribution in [1.82, 2.24) is 9.88 Å². The summed E-state index contributed by atoms with van der Waals surface area (Å²) in [5.41, 5.74) is 2.50. The molecule has 1 saturated heterocycles. The van der Waals surface area contributed by atoms with Gasteiger partial charge in [0.1, 0.15) is 5.69 Å². The second-order valence-electron chi connectivity index (χ2n) is 7.26. The summed E-state index contributed by atoms with van der Waals surface area (Å²) in [6, 6.07) is 3.78. The fourth-order valence-corrected chi connectivity index (χ4v) is 3.49. The molecule has 1 amide bonds. The predicted molar refractivity (Wildman–Crippen MR) is 86.0 cm³/mol. The van der Waals surface area contributed by atoms with Crippen molar-refractivity contribution in [2.45, 2.75) is 45.6 Å². The van der Waals surface area contributed by atoms with Crippen LogP contribution in [-0.4, -0.2) is 46.6 Å². The Morgan fingerprint density at radius 3 is 3.09 bits per heavy atom. The molecule has 0 aliphatic carbocycles. The van der Waals surface area contributed by atoms with Crippen molar-refractivity contribution in [3.8, 4) is 0 Å². The summed E-state index contributed by atoms with van der Waals surface area (Å²) in [6.45, 7) is 6.44. The van der Waals surface area contributed by atoms with Gasteiger partial charge in [-0.3, -0.25) is 4.79 Å². The van der Waals surface area contributed by atoms with E-state index in [4.69, 9.17) is 0 Å². The second-order valence-corrected chi connectivity index (χ2v) is 7.26. The predicted octanol–water partition coefficient (Wildman–Crippen LogP) is 2.06. The molecule has 0 spiro atoms. The quantitative estimate of drug-likeness (QED) is 0.833. The lowest BCUT2D eigenvalue weighted by molar-refractivity contribution is 0.0698. The fourth-order valence-electron chi connectivity index (χ4n) is 3.49. The molecule has 1 unspecified atom stereocenters. The van der Waals surface area contributed by atoms with Crippen LogP contribution in [0.1, 0.15) is 49.3 Å². The number of hydrogen-bond donors (Lipinski definition) is 2. The van der Waals surface area contributed by atoms with Gasteiger partial charge in [-0.05, 0) is 43.2 Å². The van der Waals surface area contributed by atoms with Gasteiger partial charge in [-0.15, -0.1) is 0 Å². The molecule has 0 aromatic carbocycles. The van der Waals surface area contributed by atoms with Gasteiger partial charge in [0, 0.05) is 19.6 Å². The molecule has 1 aromatic rings. The highest BCUT2D eigenvalue weighted by atomic mass is 16.3. The molecule has 5 nitrogen and oxygen atoms in total. The summed E-state index contributed by atoms with van der Waals surface area (Å²) >= 11 is 0. The minimum Gasteiger partial charge on any atom is -0.393 e. The first-order chi connectivity index (χ1) is 10.4. The molecule has 0 bridgehead atoms. The minimum atomic E-state index is -0.325. The number of nitrogens with one attached hydrogen (secondary N) is 1. The Morgan fingerprint density at radius 2 is 2.27 bits per heavy atom. The molecule has 3 rings (SSSR count). The third-order valence-corrected chi connectivity index (χ3v) is 4.53. The van der Waals surface area contributed by atoms with Crippen LogP contribution in [0.2, 0.25) is 0 Å². The summed E-state index contributed by atoms with van der Waals surface area (Å²) in [4.78, 5) is 19.2. The van der Waals surface area contributed by atoms with E-state index in [0.717, 1.165) is 37.2 Å². The fraction of sp³-hybridized carbons (Fsp3) is 0.647. The maximum Gasteiger partial charge on any atom is 0.272 e. The topological polar surface area (TPSA) is 65.5 Å². The molecule has 22 heavy (non-hydrogen) atoms. The molecule has 2 N–H and O–H groups in total. The number of likely N-dealkylation sites (tertiary alicyclic amines) is 1. The Morgan fingerprint density at radius 1 is 1.45 bits per heavy atom. The highest BCUT2D eigenvalue weighted by Crippen LogP contribution is 2.29. The zero-order chi connectivity index (χ0) is 15.7. The Hall–Kier alpha value is -1.62. The van der Waals surface area contributed by atoms with E-state index in [2.05, 4.69) is 24.1 Å². The Bertz CT molecular complexity index is 571. The Balaban J connectivity index is 1.81. The lowest BCUT2D eigenvalue weighted by atomic mass is 9.87. The highest BCUT2D eigenvalue weighted by Gasteiger charge is 2.32. The Labute approximate surface area is 131 Å². The average molecular weight is 303 g/mol. The van der Waals surface area contributed by atoms with Gasteiger partial charge in [-0.25, -0.2) is 4.98 Å². The second kappa shape index (κ2) is 5.88. The van der Waals surface area contributed by atoms with Crippen LogP contribution in [0.3, 0.4) is 0 Å². The molecule has 5 heteroatoms. The van der Waals surface area contributed by atoms with E-state index in [1.165, 1.54) is 0 Å². The number of pyridine rings is 1. The molecular formula is C17H25N3O2. The van der Waals surface area contributed by atoms with Crippen molar-refractivity contribution in [3.63, 3.8) is 0 Å². The van der Waals surface area contributed by atoms with Gasteiger partial charge in [-0.1, -0.05) is 13.8 Å². The molecule has 0 radical (unpaired) electrons. The van der Waals surface area contributed by atoms with E-state index >= 15 is 0 Å². The van der Waals surface area contributed by atoms with E-state index in [0.29, 0.717) is 25.2 Å². The van der Waals surface area contributed by atoms with Gasteiger partial charge in [0.25, 0.3) is 5.91 Å². The van der Waals surface area contributed by atoms with Crippen molar-refractivity contribution in [1.29, 1.82) is 0 Å². The van der Waals surface area contributed by atoms with Crippen LogP contribution in [0.25, 0.3) is 0 Å². The smallest absolute Gasteiger partial charge is 0.272 e. The molecule has 2 aliphatic rings. The SMILES string of the molecule is CC1(C)CC(O)CCN(C(=O)c2ccc3c(n2)CCCN3)C1. The van der Waals surface area contributed by atoms with Gasteiger partial charge in [-0.2, -0.15) is 0 Å². The third kappa shape index (κ3) is 3.24. The lowest BCUT2D eigenvalue weighted by Crippen LogP contribution is -2.38. The molecule has 1 fully saturated rings. The number of carbonyl (C=O) groups excluding carboxylic acids is 1. The maximum atomic E-state index is 12.8. The molecule has 1 aromatic heterocycles. The number of nitrogens with zero attached hydrogens (tertiary/aromatic N) is 2. The molecule has 120 valence electrons. The number of anilines is 1. The highest BCUT2D eigenvalue weighted by molar-refractivity contribution is 5.92. The van der Waals surface area contributed by atoms with E-state index < -0.39 is 0 Å². The van der Waals surface area contributed by atoms with Crippen LogP contribution in [-0.2, 0) is 6.42 Å².